The zero-order valence-corrected chi connectivity index (χ0v) is 34.3. The molecule has 0 saturated carbocycles. The van der Waals surface area contributed by atoms with E-state index in [1.165, 1.54) is 4.90 Å². The van der Waals surface area contributed by atoms with Crippen molar-refractivity contribution in [2.75, 3.05) is 59.0 Å². The van der Waals surface area contributed by atoms with Crippen LogP contribution in [0.4, 0.5) is 0 Å². The lowest BCUT2D eigenvalue weighted by molar-refractivity contribution is -0.162. The van der Waals surface area contributed by atoms with E-state index >= 15 is 0 Å². The maximum Gasteiger partial charge on any atom is 0.320 e. The predicted molar refractivity (Wildman–Crippen MR) is 201 cm³/mol. The number of aliphatic carboxylic acids is 1. The standard InChI is InChI=1S/C39H65N3O11/c1-14-49-30-17-15-28(16-18-30)21-29(42(26-34(47)52-38(8,9)10)27-35(48)53-39(11,12)13)22-40(24-32(45)50-36(2,3)4)19-20-41(23-31(43)44)25-33(46)51-37(5,6)7/h15-18,29H,14,19-27H2,1-13H3,(H,43,44)/t29-/m0/s1. The van der Waals surface area contributed by atoms with Gasteiger partial charge in [0.1, 0.15) is 28.2 Å². The van der Waals surface area contributed by atoms with Crippen molar-refractivity contribution in [1.82, 2.24) is 14.7 Å². The van der Waals surface area contributed by atoms with Crippen molar-refractivity contribution in [3.05, 3.63) is 29.8 Å². The fraction of sp³-hybridized carbons (Fsp3) is 0.718. The summed E-state index contributed by atoms with van der Waals surface area (Å²) in [4.78, 5) is 69.3. The van der Waals surface area contributed by atoms with E-state index in [1.807, 2.05) is 31.2 Å². The zero-order chi connectivity index (χ0) is 40.8. The summed E-state index contributed by atoms with van der Waals surface area (Å²) < 4.78 is 28.0. The average molecular weight is 752 g/mol. The van der Waals surface area contributed by atoms with Gasteiger partial charge in [-0.1, -0.05) is 12.1 Å². The Morgan fingerprint density at radius 2 is 0.962 bits per heavy atom. The first kappa shape index (κ1) is 47.3. The van der Waals surface area contributed by atoms with Crippen molar-refractivity contribution in [2.24, 2.45) is 0 Å². The SMILES string of the molecule is CCOc1ccc(C[C@@H](CN(CCN(CC(=O)O)CC(=O)OC(C)(C)C)CC(=O)OC(C)(C)C)N(CC(=O)OC(C)(C)C)CC(=O)OC(C)(C)C)cc1. The van der Waals surface area contributed by atoms with Crippen molar-refractivity contribution < 1.29 is 52.8 Å². The number of carboxylic acid groups (broad SMARTS) is 1. The molecule has 0 fully saturated rings. The van der Waals surface area contributed by atoms with Crippen LogP contribution in [0, 0.1) is 0 Å². The summed E-state index contributed by atoms with van der Waals surface area (Å²) in [6.07, 6.45) is 0.333. The van der Waals surface area contributed by atoms with E-state index in [-0.39, 0.29) is 45.8 Å². The summed E-state index contributed by atoms with van der Waals surface area (Å²) in [5, 5.41) is 9.65. The van der Waals surface area contributed by atoms with E-state index in [9.17, 15) is 29.1 Å². The monoisotopic (exact) mass is 751 g/mol. The Balaban J connectivity index is 3.68. The minimum absolute atomic E-state index is 0.0717. The number of ether oxygens (including phenoxy) is 5. The van der Waals surface area contributed by atoms with E-state index < -0.39 is 64.8 Å². The fourth-order valence-electron chi connectivity index (χ4n) is 5.20. The molecule has 0 amide bonds. The molecule has 14 heteroatoms. The van der Waals surface area contributed by atoms with Gasteiger partial charge in [-0.3, -0.25) is 38.7 Å². The molecule has 0 heterocycles. The second kappa shape index (κ2) is 20.6. The second-order valence-electron chi connectivity index (χ2n) is 17.0. The van der Waals surface area contributed by atoms with Crippen LogP contribution >= 0.6 is 0 Å². The molecular formula is C39H65N3O11. The molecule has 0 radical (unpaired) electrons. The molecule has 0 spiro atoms. The number of rotatable bonds is 20. The van der Waals surface area contributed by atoms with Gasteiger partial charge in [-0.25, -0.2) is 0 Å². The van der Waals surface area contributed by atoms with Crippen LogP contribution in [0.1, 0.15) is 95.6 Å². The summed E-state index contributed by atoms with van der Waals surface area (Å²) in [5.41, 5.74) is -2.26. The molecule has 0 aliphatic rings. The van der Waals surface area contributed by atoms with Gasteiger partial charge < -0.3 is 28.8 Å². The van der Waals surface area contributed by atoms with Crippen molar-refractivity contribution in [2.45, 2.75) is 125 Å². The zero-order valence-electron chi connectivity index (χ0n) is 34.3. The molecule has 1 atom stereocenters. The van der Waals surface area contributed by atoms with Gasteiger partial charge in [-0.05, 0) is 114 Å². The molecule has 0 saturated heterocycles. The quantitative estimate of drug-likeness (QED) is 0.148. The van der Waals surface area contributed by atoms with Crippen molar-refractivity contribution >= 4 is 29.8 Å². The first-order chi connectivity index (χ1) is 24.1. The predicted octanol–water partition coefficient (Wildman–Crippen LogP) is 4.35. The normalized spacial score (nSPS) is 13.1. The molecular weight excluding hydrogens is 686 g/mol. The van der Waals surface area contributed by atoms with E-state index in [4.69, 9.17) is 23.7 Å². The van der Waals surface area contributed by atoms with E-state index in [0.29, 0.717) is 18.8 Å². The number of carboxylic acids is 1. The van der Waals surface area contributed by atoms with Gasteiger partial charge in [0.05, 0.1) is 39.3 Å². The number of hydrogen-bond donors (Lipinski definition) is 1. The van der Waals surface area contributed by atoms with Gasteiger partial charge in [-0.2, -0.15) is 0 Å². The summed E-state index contributed by atoms with van der Waals surface area (Å²) in [6.45, 7) is 22.2. The molecule has 14 nitrogen and oxygen atoms in total. The van der Waals surface area contributed by atoms with Crippen LogP contribution in [0.25, 0.3) is 0 Å². The number of esters is 4. The van der Waals surface area contributed by atoms with Gasteiger partial charge in [-0.15, -0.1) is 0 Å². The topological polar surface area (TPSA) is 161 Å². The third-order valence-electron chi connectivity index (χ3n) is 6.83. The minimum Gasteiger partial charge on any atom is -0.494 e. The Bertz CT molecular complexity index is 1310. The number of benzene rings is 1. The molecule has 0 aromatic heterocycles. The largest absolute Gasteiger partial charge is 0.494 e. The van der Waals surface area contributed by atoms with Crippen LogP contribution in [-0.2, 0) is 49.3 Å². The first-order valence-corrected chi connectivity index (χ1v) is 18.1. The Morgan fingerprint density at radius 3 is 1.34 bits per heavy atom. The molecule has 1 aromatic rings. The van der Waals surface area contributed by atoms with Gasteiger partial charge in [0.15, 0.2) is 0 Å². The summed E-state index contributed by atoms with van der Waals surface area (Å²) in [6, 6.07) is 6.88. The molecule has 1 aromatic carbocycles. The van der Waals surface area contributed by atoms with Crippen molar-refractivity contribution in [3.8, 4) is 5.75 Å². The smallest absolute Gasteiger partial charge is 0.320 e. The Hall–Kier alpha value is -3.75. The van der Waals surface area contributed by atoms with E-state index in [2.05, 4.69) is 0 Å². The van der Waals surface area contributed by atoms with Crippen LogP contribution in [-0.4, -0.2) is 137 Å². The Kier molecular flexibility index (Phi) is 18.4. The molecule has 0 aliphatic heterocycles. The maximum atomic E-state index is 13.3. The number of hydrogen-bond acceptors (Lipinski definition) is 13. The third-order valence-corrected chi connectivity index (χ3v) is 6.83. The average Bonchev–Trinajstić information content (AvgIpc) is 2.91. The molecule has 0 aliphatic carbocycles. The second-order valence-corrected chi connectivity index (χ2v) is 17.0. The molecule has 0 bridgehead atoms. The molecule has 0 unspecified atom stereocenters. The lowest BCUT2D eigenvalue weighted by Gasteiger charge is -2.36. The third kappa shape index (κ3) is 23.5. The highest BCUT2D eigenvalue weighted by molar-refractivity contribution is 5.76. The minimum atomic E-state index is -1.14. The molecule has 1 rings (SSSR count). The van der Waals surface area contributed by atoms with Gasteiger partial charge in [0, 0.05) is 25.7 Å². The van der Waals surface area contributed by atoms with E-state index in [1.54, 1.807) is 92.9 Å². The van der Waals surface area contributed by atoms with Gasteiger partial charge >= 0.3 is 29.8 Å². The molecule has 1 N–H and O–H groups in total. The fourth-order valence-corrected chi connectivity index (χ4v) is 5.20. The van der Waals surface area contributed by atoms with Crippen LogP contribution in [0.2, 0.25) is 0 Å². The Morgan fingerprint density at radius 1 is 0.585 bits per heavy atom. The van der Waals surface area contributed by atoms with Gasteiger partial charge in [0.2, 0.25) is 0 Å². The van der Waals surface area contributed by atoms with Crippen LogP contribution in [0.3, 0.4) is 0 Å². The van der Waals surface area contributed by atoms with Gasteiger partial charge in [0.25, 0.3) is 0 Å². The first-order valence-electron chi connectivity index (χ1n) is 18.1. The highest BCUT2D eigenvalue weighted by Crippen LogP contribution is 2.19. The summed E-state index contributed by atoms with van der Waals surface area (Å²) in [5.74, 6) is -2.68. The maximum absolute atomic E-state index is 13.3. The van der Waals surface area contributed by atoms with Crippen LogP contribution < -0.4 is 4.74 Å². The molecule has 302 valence electrons. The van der Waals surface area contributed by atoms with Crippen molar-refractivity contribution in [1.29, 1.82) is 0 Å². The van der Waals surface area contributed by atoms with E-state index in [0.717, 1.165) is 5.56 Å². The van der Waals surface area contributed by atoms with Crippen molar-refractivity contribution in [3.63, 3.8) is 0 Å². The highest BCUT2D eigenvalue weighted by atomic mass is 16.6. The molecule has 53 heavy (non-hydrogen) atoms. The number of carbonyl (C=O) groups is 5. The summed E-state index contributed by atoms with van der Waals surface area (Å²) >= 11 is 0. The van der Waals surface area contributed by atoms with Crippen LogP contribution in [0.5, 0.6) is 5.75 Å². The summed E-state index contributed by atoms with van der Waals surface area (Å²) in [7, 11) is 0. The number of nitrogens with zero attached hydrogens (tertiary/aromatic N) is 3. The highest BCUT2D eigenvalue weighted by Gasteiger charge is 2.31. The lowest BCUT2D eigenvalue weighted by atomic mass is 10.0. The number of carbonyl (C=O) groups excluding carboxylic acids is 4. The Labute approximate surface area is 316 Å². The van der Waals surface area contributed by atoms with Crippen LogP contribution in [0.15, 0.2) is 24.3 Å². The lowest BCUT2D eigenvalue weighted by Crippen LogP contribution is -2.52.